The predicted octanol–water partition coefficient (Wildman–Crippen LogP) is 7.02. The third kappa shape index (κ3) is 5.41. The molecule has 0 aliphatic heterocycles. The largest absolute Gasteiger partial charge is 0.505 e. The summed E-state index contributed by atoms with van der Waals surface area (Å²) < 4.78 is 59.9. The Labute approximate surface area is 235 Å². The Hall–Kier alpha value is -4.25. The second-order valence-electron chi connectivity index (χ2n) is 9.29. The van der Waals surface area contributed by atoms with E-state index in [1.54, 1.807) is 18.2 Å². The van der Waals surface area contributed by atoms with Crippen LogP contribution < -0.4 is 16.1 Å². The van der Waals surface area contributed by atoms with E-state index in [1.807, 2.05) is 19.9 Å². The van der Waals surface area contributed by atoms with Crippen LogP contribution in [0.3, 0.4) is 0 Å². The molecule has 0 spiro atoms. The summed E-state index contributed by atoms with van der Waals surface area (Å²) in [5, 5.41) is 11.4. The molecular formula is C30H24F4N2O4S. The number of halogens is 4. The van der Waals surface area contributed by atoms with Gasteiger partial charge in [-0.05, 0) is 74.0 Å². The van der Waals surface area contributed by atoms with Gasteiger partial charge in [0.25, 0.3) is 5.56 Å². The van der Waals surface area contributed by atoms with E-state index in [-0.39, 0.29) is 27.3 Å². The summed E-state index contributed by atoms with van der Waals surface area (Å²) in [6.45, 7) is 5.30. The molecule has 0 saturated heterocycles. The average molecular weight is 585 g/mol. The maximum atomic E-state index is 14.0. The van der Waals surface area contributed by atoms with Gasteiger partial charge in [-0.25, -0.2) is 9.18 Å². The zero-order valence-corrected chi connectivity index (χ0v) is 22.8. The standard InChI is InChI=1S/C30H24F4N2O4S/c1-3-35(4-2)20-10-13-23-22(15-20)26-24(28(38)36(23)16-17-6-5-7-19(31)14-17)25(37)27(29(39)40-26)41-21-11-8-18(9-12-21)30(32,33)34/h5-15,37H,3-4,16H2,1-2H3. The number of aromatic hydroxyl groups is 1. The maximum absolute atomic E-state index is 14.0. The van der Waals surface area contributed by atoms with Crippen LogP contribution in [-0.4, -0.2) is 22.8 Å². The van der Waals surface area contributed by atoms with Gasteiger partial charge in [0.1, 0.15) is 16.1 Å². The molecule has 5 rings (SSSR count). The molecule has 41 heavy (non-hydrogen) atoms. The zero-order valence-electron chi connectivity index (χ0n) is 22.0. The summed E-state index contributed by atoms with van der Waals surface area (Å²) in [5.41, 5.74) is -0.907. The van der Waals surface area contributed by atoms with E-state index in [1.165, 1.54) is 22.8 Å². The van der Waals surface area contributed by atoms with Crippen molar-refractivity contribution in [3.63, 3.8) is 0 Å². The van der Waals surface area contributed by atoms with E-state index >= 15 is 0 Å². The van der Waals surface area contributed by atoms with Gasteiger partial charge >= 0.3 is 11.8 Å². The van der Waals surface area contributed by atoms with Crippen LogP contribution in [-0.2, 0) is 12.7 Å². The van der Waals surface area contributed by atoms with Crippen LogP contribution in [0.15, 0.2) is 90.5 Å². The number of rotatable bonds is 7. The number of aromatic nitrogens is 1. The summed E-state index contributed by atoms with van der Waals surface area (Å²) in [7, 11) is 0. The molecule has 0 atom stereocenters. The highest BCUT2D eigenvalue weighted by Crippen LogP contribution is 2.39. The summed E-state index contributed by atoms with van der Waals surface area (Å²) in [4.78, 5) is 28.9. The number of fused-ring (bicyclic) bond motifs is 3. The van der Waals surface area contributed by atoms with Gasteiger partial charge in [0, 0.05) is 29.1 Å². The quantitative estimate of drug-likeness (QED) is 0.164. The SMILES string of the molecule is CCN(CC)c1ccc2c(c1)c1oc(=O)c(Sc3ccc(C(F)(F)F)cc3)c(O)c1c(=O)n2Cc1cccc(F)c1. The maximum Gasteiger partial charge on any atom is 0.416 e. The van der Waals surface area contributed by atoms with E-state index in [0.717, 1.165) is 30.0 Å². The van der Waals surface area contributed by atoms with Gasteiger partial charge in [0.05, 0.1) is 17.6 Å². The molecule has 2 heterocycles. The average Bonchev–Trinajstić information content (AvgIpc) is 2.93. The molecule has 0 fully saturated rings. The second-order valence-corrected chi connectivity index (χ2v) is 10.4. The Morgan fingerprint density at radius 1 is 0.976 bits per heavy atom. The van der Waals surface area contributed by atoms with Crippen molar-refractivity contribution in [1.29, 1.82) is 0 Å². The molecule has 0 unspecified atom stereocenters. The highest BCUT2D eigenvalue weighted by Gasteiger charge is 2.30. The minimum atomic E-state index is -4.54. The molecule has 0 bridgehead atoms. The van der Waals surface area contributed by atoms with Crippen molar-refractivity contribution < 1.29 is 27.1 Å². The van der Waals surface area contributed by atoms with Crippen LogP contribution in [0.25, 0.3) is 21.9 Å². The number of anilines is 1. The van der Waals surface area contributed by atoms with Crippen molar-refractivity contribution in [2.75, 3.05) is 18.0 Å². The lowest BCUT2D eigenvalue weighted by Crippen LogP contribution is -2.24. The van der Waals surface area contributed by atoms with Crippen molar-refractivity contribution in [2.24, 2.45) is 0 Å². The van der Waals surface area contributed by atoms with Crippen molar-refractivity contribution in [3.05, 3.63) is 104 Å². The van der Waals surface area contributed by atoms with Gasteiger partial charge in [0.15, 0.2) is 11.3 Å². The molecule has 0 aliphatic carbocycles. The zero-order chi connectivity index (χ0) is 29.5. The Morgan fingerprint density at radius 2 is 1.68 bits per heavy atom. The van der Waals surface area contributed by atoms with Crippen molar-refractivity contribution in [2.45, 2.75) is 36.4 Å². The van der Waals surface area contributed by atoms with E-state index in [2.05, 4.69) is 4.90 Å². The minimum absolute atomic E-state index is 0.0341. The molecule has 0 radical (unpaired) electrons. The van der Waals surface area contributed by atoms with E-state index < -0.39 is 34.5 Å². The van der Waals surface area contributed by atoms with E-state index in [4.69, 9.17) is 4.42 Å². The lowest BCUT2D eigenvalue weighted by Gasteiger charge is -2.22. The molecule has 2 aromatic heterocycles. The molecule has 5 aromatic rings. The number of pyridine rings is 1. The third-order valence-electron chi connectivity index (χ3n) is 6.79. The summed E-state index contributed by atoms with van der Waals surface area (Å²) in [5.74, 6) is -1.12. The van der Waals surface area contributed by atoms with Gasteiger partial charge < -0.3 is 19.0 Å². The van der Waals surface area contributed by atoms with Crippen molar-refractivity contribution in [1.82, 2.24) is 4.57 Å². The monoisotopic (exact) mass is 584 g/mol. The minimum Gasteiger partial charge on any atom is -0.505 e. The Bertz CT molecular complexity index is 1880. The number of hydrogen-bond donors (Lipinski definition) is 1. The smallest absolute Gasteiger partial charge is 0.416 e. The molecule has 11 heteroatoms. The van der Waals surface area contributed by atoms with Gasteiger partial charge in [0.2, 0.25) is 0 Å². The lowest BCUT2D eigenvalue weighted by molar-refractivity contribution is -0.137. The van der Waals surface area contributed by atoms with Crippen LogP contribution in [0, 0.1) is 5.82 Å². The molecule has 6 nitrogen and oxygen atoms in total. The normalized spacial score (nSPS) is 11.9. The number of alkyl halides is 3. The van der Waals surface area contributed by atoms with Gasteiger partial charge in [-0.2, -0.15) is 13.2 Å². The van der Waals surface area contributed by atoms with Gasteiger partial charge in [-0.1, -0.05) is 23.9 Å². The first kappa shape index (κ1) is 28.3. The van der Waals surface area contributed by atoms with E-state index in [0.29, 0.717) is 41.3 Å². The van der Waals surface area contributed by atoms with Crippen molar-refractivity contribution in [3.8, 4) is 5.75 Å². The predicted molar refractivity (Wildman–Crippen MR) is 151 cm³/mol. The van der Waals surface area contributed by atoms with Crippen molar-refractivity contribution >= 4 is 39.3 Å². The molecular weight excluding hydrogens is 560 g/mol. The third-order valence-corrected chi connectivity index (χ3v) is 7.87. The van der Waals surface area contributed by atoms with Crippen LogP contribution in [0.1, 0.15) is 25.0 Å². The van der Waals surface area contributed by atoms with Crippen LogP contribution in [0.2, 0.25) is 0 Å². The Balaban J connectivity index is 1.75. The lowest BCUT2D eigenvalue weighted by atomic mass is 10.1. The first-order valence-electron chi connectivity index (χ1n) is 12.7. The first-order chi connectivity index (χ1) is 19.5. The van der Waals surface area contributed by atoms with Crippen LogP contribution in [0.4, 0.5) is 23.2 Å². The second kappa shape index (κ2) is 11.0. The molecule has 0 amide bonds. The highest BCUT2D eigenvalue weighted by atomic mass is 32.2. The van der Waals surface area contributed by atoms with Crippen LogP contribution in [0.5, 0.6) is 5.75 Å². The molecule has 3 aromatic carbocycles. The fourth-order valence-corrected chi connectivity index (χ4v) is 5.59. The first-order valence-corrected chi connectivity index (χ1v) is 13.5. The topological polar surface area (TPSA) is 75.7 Å². The summed E-state index contributed by atoms with van der Waals surface area (Å²) >= 11 is 0.687. The Kier molecular flexibility index (Phi) is 7.56. The van der Waals surface area contributed by atoms with Crippen LogP contribution >= 0.6 is 11.8 Å². The Morgan fingerprint density at radius 3 is 2.32 bits per heavy atom. The summed E-state index contributed by atoms with van der Waals surface area (Å²) in [6.07, 6.45) is -4.54. The molecule has 212 valence electrons. The number of nitrogens with zero attached hydrogens (tertiary/aromatic N) is 2. The molecule has 0 aliphatic rings. The number of hydrogen-bond acceptors (Lipinski definition) is 6. The fourth-order valence-electron chi connectivity index (χ4n) is 4.76. The van der Waals surface area contributed by atoms with Gasteiger partial charge in [-0.3, -0.25) is 4.79 Å². The van der Waals surface area contributed by atoms with Gasteiger partial charge in [-0.15, -0.1) is 0 Å². The van der Waals surface area contributed by atoms with E-state index in [9.17, 15) is 32.3 Å². The fraction of sp³-hybridized carbons (Fsp3) is 0.200. The summed E-state index contributed by atoms with van der Waals surface area (Å²) in [6, 6.07) is 15.1. The number of benzene rings is 3. The molecule has 0 saturated carbocycles. The molecule has 1 N–H and O–H groups in total. The highest BCUT2D eigenvalue weighted by molar-refractivity contribution is 7.99.